The topological polar surface area (TPSA) is 122 Å². The number of ketones is 1. The first-order valence-corrected chi connectivity index (χ1v) is 10.4. The Kier molecular flexibility index (Phi) is 6.80. The van der Waals surface area contributed by atoms with Crippen LogP contribution in [0, 0.1) is 11.6 Å². The van der Waals surface area contributed by atoms with Crippen molar-refractivity contribution in [1.82, 2.24) is 20.6 Å². The largest absolute Gasteiger partial charge is 0.382 e. The highest BCUT2D eigenvalue weighted by atomic mass is 32.1. The minimum Gasteiger partial charge on any atom is -0.382 e. The smallest absolute Gasteiger partial charge is 0.252 e. The first-order valence-electron chi connectivity index (χ1n) is 9.56. The van der Waals surface area contributed by atoms with Gasteiger partial charge in [0.15, 0.2) is 5.13 Å². The van der Waals surface area contributed by atoms with Crippen molar-refractivity contribution < 1.29 is 18.4 Å². The van der Waals surface area contributed by atoms with Gasteiger partial charge in [0, 0.05) is 18.3 Å². The summed E-state index contributed by atoms with van der Waals surface area (Å²) in [6.45, 7) is 4.34. The molecule has 8 nitrogen and oxygen atoms in total. The van der Waals surface area contributed by atoms with E-state index in [4.69, 9.17) is 5.73 Å². The normalized spacial score (nSPS) is 11.3. The molecule has 0 aliphatic carbocycles. The fraction of sp³-hybridized carbons (Fsp3) is 0.238. The zero-order valence-corrected chi connectivity index (χ0v) is 18.4. The molecule has 0 saturated carbocycles. The number of benzene rings is 1. The maximum atomic E-state index is 13.9. The number of thiazole rings is 1. The zero-order chi connectivity index (χ0) is 23.5. The number of halogens is 2. The fourth-order valence-corrected chi connectivity index (χ4v) is 3.42. The van der Waals surface area contributed by atoms with E-state index < -0.39 is 23.0 Å². The van der Waals surface area contributed by atoms with Gasteiger partial charge in [-0.1, -0.05) is 17.4 Å². The monoisotopic (exact) mass is 460 g/mol. The molecule has 2 aromatic heterocycles. The summed E-state index contributed by atoms with van der Waals surface area (Å²) >= 11 is 0.842. The summed E-state index contributed by atoms with van der Waals surface area (Å²) in [4.78, 5) is 32.9. The number of nitrogens with two attached hydrogens (primary N) is 1. The van der Waals surface area contributed by atoms with E-state index in [1.54, 1.807) is 12.1 Å². The summed E-state index contributed by atoms with van der Waals surface area (Å²) in [7, 11) is 1.81. The van der Waals surface area contributed by atoms with Crippen LogP contribution in [0.4, 0.5) is 25.5 Å². The number of pyridine rings is 1. The maximum absolute atomic E-state index is 13.9. The minimum absolute atomic E-state index is 0.0975. The van der Waals surface area contributed by atoms with Crippen LogP contribution in [0.3, 0.4) is 0 Å². The lowest BCUT2D eigenvalue weighted by molar-refractivity contribution is 0.0942. The average molecular weight is 461 g/mol. The molecule has 0 radical (unpaired) electrons. The summed E-state index contributed by atoms with van der Waals surface area (Å²) in [6, 6.07) is 6.30. The van der Waals surface area contributed by atoms with Gasteiger partial charge in [-0.15, -0.1) is 0 Å². The number of anilines is 3. The number of aromatic nitrogens is 2. The van der Waals surface area contributed by atoms with E-state index >= 15 is 0 Å². The molecule has 32 heavy (non-hydrogen) atoms. The summed E-state index contributed by atoms with van der Waals surface area (Å²) < 4.78 is 27.9. The van der Waals surface area contributed by atoms with Crippen LogP contribution >= 0.6 is 11.3 Å². The Bertz CT molecular complexity index is 1130. The molecule has 0 unspecified atom stereocenters. The quantitative estimate of drug-likeness (QED) is 0.381. The second-order valence-electron chi connectivity index (χ2n) is 7.53. The molecule has 0 saturated heterocycles. The third-order valence-electron chi connectivity index (χ3n) is 4.68. The molecule has 0 atom stereocenters. The molecule has 5 N–H and O–H groups in total. The number of carbonyl (C=O) groups is 2. The van der Waals surface area contributed by atoms with E-state index in [1.807, 2.05) is 20.9 Å². The van der Waals surface area contributed by atoms with E-state index in [2.05, 4.69) is 25.9 Å². The van der Waals surface area contributed by atoms with Crippen molar-refractivity contribution in [3.05, 3.63) is 64.2 Å². The van der Waals surface area contributed by atoms with E-state index in [0.717, 1.165) is 23.5 Å². The van der Waals surface area contributed by atoms with Gasteiger partial charge in [-0.2, -0.15) is 0 Å². The van der Waals surface area contributed by atoms with Crippen molar-refractivity contribution in [3.63, 3.8) is 0 Å². The second-order valence-corrected chi connectivity index (χ2v) is 8.53. The molecule has 3 aromatic rings. The van der Waals surface area contributed by atoms with Gasteiger partial charge in [-0.3, -0.25) is 9.59 Å². The average Bonchev–Trinajstić information content (AvgIpc) is 3.12. The SMILES string of the molecule is CNC(C)(C)CNC(=O)c1ccc(Nc2nc(N)c(C(=O)c3c(F)cccc3F)s2)nc1. The molecule has 0 bridgehead atoms. The van der Waals surface area contributed by atoms with E-state index in [-0.39, 0.29) is 27.3 Å². The highest BCUT2D eigenvalue weighted by Gasteiger charge is 2.24. The Morgan fingerprint density at radius 1 is 1.16 bits per heavy atom. The molecular weight excluding hydrogens is 438 g/mol. The Morgan fingerprint density at radius 2 is 1.84 bits per heavy atom. The minimum atomic E-state index is -0.981. The number of hydrogen-bond donors (Lipinski definition) is 4. The van der Waals surface area contributed by atoms with Crippen molar-refractivity contribution in [1.29, 1.82) is 0 Å². The second kappa shape index (κ2) is 9.37. The van der Waals surface area contributed by atoms with Gasteiger partial charge in [0.2, 0.25) is 5.78 Å². The van der Waals surface area contributed by atoms with Crippen LogP contribution in [0.2, 0.25) is 0 Å². The number of nitrogens with one attached hydrogen (secondary N) is 3. The number of hydrogen-bond acceptors (Lipinski definition) is 8. The van der Waals surface area contributed by atoms with Crippen LogP contribution in [-0.2, 0) is 0 Å². The predicted molar refractivity (Wildman–Crippen MR) is 119 cm³/mol. The van der Waals surface area contributed by atoms with Gasteiger partial charge >= 0.3 is 0 Å². The van der Waals surface area contributed by atoms with Crippen molar-refractivity contribution >= 4 is 39.8 Å². The molecule has 3 rings (SSSR count). The molecular formula is C21H22F2N6O2S. The molecule has 0 fully saturated rings. The number of amides is 1. The van der Waals surface area contributed by atoms with Crippen molar-refractivity contribution in [2.45, 2.75) is 19.4 Å². The Hall–Kier alpha value is -3.44. The van der Waals surface area contributed by atoms with Crippen LogP contribution in [0.25, 0.3) is 0 Å². The van der Waals surface area contributed by atoms with Crippen molar-refractivity contribution in [3.8, 4) is 0 Å². The number of rotatable bonds is 8. The van der Waals surface area contributed by atoms with Crippen LogP contribution in [-0.4, -0.2) is 40.8 Å². The molecule has 0 spiro atoms. The first kappa shape index (κ1) is 23.2. The van der Waals surface area contributed by atoms with E-state index in [1.165, 1.54) is 12.3 Å². The number of likely N-dealkylation sites (N-methyl/N-ethyl adjacent to an activating group) is 1. The van der Waals surface area contributed by atoms with Crippen LogP contribution in [0.15, 0.2) is 36.5 Å². The molecule has 0 aliphatic heterocycles. The summed E-state index contributed by atoms with van der Waals surface area (Å²) in [5.41, 5.74) is 5.22. The number of carbonyl (C=O) groups excluding carboxylic acids is 2. The maximum Gasteiger partial charge on any atom is 0.252 e. The molecule has 0 aliphatic rings. The third kappa shape index (κ3) is 5.24. The zero-order valence-electron chi connectivity index (χ0n) is 17.6. The standard InChI is InChI=1S/C21H22F2N6O2S/c1-21(2,25-3)10-27-19(31)11-7-8-14(26-9-11)28-20-29-18(24)17(32-20)16(30)15-12(22)5-4-6-13(15)23/h4-9,25H,10,24H2,1-3H3,(H,27,31)(H,26,28,29). The molecule has 168 valence electrons. The van der Waals surface area contributed by atoms with Gasteiger partial charge in [0.1, 0.15) is 28.1 Å². The fourth-order valence-electron chi connectivity index (χ4n) is 2.58. The summed E-state index contributed by atoms with van der Waals surface area (Å²) in [5, 5.41) is 8.99. The first-order chi connectivity index (χ1) is 15.1. The highest BCUT2D eigenvalue weighted by Crippen LogP contribution is 2.30. The summed E-state index contributed by atoms with van der Waals surface area (Å²) in [5.74, 6) is -2.94. The number of nitrogen functional groups attached to an aromatic ring is 1. The molecule has 11 heteroatoms. The van der Waals surface area contributed by atoms with Gasteiger partial charge in [0.25, 0.3) is 5.91 Å². The summed E-state index contributed by atoms with van der Waals surface area (Å²) in [6.07, 6.45) is 1.39. The van der Waals surface area contributed by atoms with E-state index in [9.17, 15) is 18.4 Å². The predicted octanol–water partition coefficient (Wildman–Crippen LogP) is 3.10. The Morgan fingerprint density at radius 3 is 2.44 bits per heavy atom. The van der Waals surface area contributed by atoms with Crippen LogP contribution < -0.4 is 21.7 Å². The van der Waals surface area contributed by atoms with Gasteiger partial charge in [-0.05, 0) is 45.2 Å². The lowest BCUT2D eigenvalue weighted by Crippen LogP contribution is -2.47. The van der Waals surface area contributed by atoms with E-state index in [0.29, 0.717) is 17.9 Å². The molecule has 1 amide bonds. The number of nitrogens with zero attached hydrogens (tertiary/aromatic N) is 2. The Balaban J connectivity index is 1.71. The highest BCUT2D eigenvalue weighted by molar-refractivity contribution is 7.18. The molecule has 2 heterocycles. The van der Waals surface area contributed by atoms with Crippen molar-refractivity contribution in [2.75, 3.05) is 24.6 Å². The van der Waals surface area contributed by atoms with Gasteiger partial charge in [-0.25, -0.2) is 18.7 Å². The van der Waals surface area contributed by atoms with Crippen LogP contribution in [0.1, 0.15) is 39.4 Å². The third-order valence-corrected chi connectivity index (χ3v) is 5.66. The van der Waals surface area contributed by atoms with Gasteiger partial charge in [0.05, 0.1) is 11.1 Å². The lowest BCUT2D eigenvalue weighted by atomic mass is 10.1. The molecule has 1 aromatic carbocycles. The lowest BCUT2D eigenvalue weighted by Gasteiger charge is -2.24. The van der Waals surface area contributed by atoms with Crippen LogP contribution in [0.5, 0.6) is 0 Å². The van der Waals surface area contributed by atoms with Gasteiger partial charge < -0.3 is 21.7 Å². The van der Waals surface area contributed by atoms with Crippen molar-refractivity contribution in [2.24, 2.45) is 0 Å². The Labute approximate surface area is 187 Å².